The van der Waals surface area contributed by atoms with E-state index >= 15 is 0 Å². The topological polar surface area (TPSA) is 23.4 Å². The van der Waals surface area contributed by atoms with Crippen molar-refractivity contribution in [1.29, 1.82) is 0 Å². The van der Waals surface area contributed by atoms with Crippen molar-refractivity contribution in [2.45, 2.75) is 0 Å². The zero-order chi connectivity index (χ0) is 33.7. The van der Waals surface area contributed by atoms with Crippen LogP contribution in [0.5, 0.6) is 23.0 Å². The Morgan fingerprint density at radius 1 is 0.314 bits per heavy atom. The third kappa shape index (κ3) is 4.90. The molecule has 0 radical (unpaired) electrons. The lowest BCUT2D eigenvalue weighted by atomic mass is 9.95. The summed E-state index contributed by atoms with van der Waals surface area (Å²) in [6.07, 6.45) is 0. The van der Waals surface area contributed by atoms with Gasteiger partial charge in [0.2, 0.25) is 0 Å². The van der Waals surface area contributed by atoms with Gasteiger partial charge in [-0.1, -0.05) is 133 Å². The molecule has 0 N–H and O–H groups in total. The van der Waals surface area contributed by atoms with E-state index < -0.39 is 0 Å². The second-order valence-electron chi connectivity index (χ2n) is 12.9. The van der Waals surface area contributed by atoms with Gasteiger partial charge in [0.1, 0.15) is 23.0 Å². The summed E-state index contributed by atoms with van der Waals surface area (Å²) < 4.78 is 16.2. The van der Waals surface area contributed by atoms with Crippen LogP contribution in [0.2, 0.25) is 0 Å². The molecule has 0 saturated heterocycles. The minimum absolute atomic E-state index is 0.763. The fourth-order valence-corrected chi connectivity index (χ4v) is 7.53. The summed E-state index contributed by atoms with van der Waals surface area (Å²) in [5.74, 6) is 3.08. The molecule has 1 aliphatic rings. The van der Waals surface area contributed by atoms with Crippen LogP contribution in [0.15, 0.2) is 188 Å². The number of hydrogen-bond acceptors (Lipinski definition) is 2. The molecule has 0 saturated carbocycles. The lowest BCUT2D eigenvalue weighted by molar-refractivity contribution is 0.472. The molecule has 0 atom stereocenters. The maximum Gasteiger partial charge on any atom is 0.135 e. The molecule has 0 spiro atoms. The maximum atomic E-state index is 6.98. The molecular formula is C48H31NO2. The first-order valence-electron chi connectivity index (χ1n) is 17.3. The Labute approximate surface area is 296 Å². The predicted octanol–water partition coefficient (Wildman–Crippen LogP) is 13.3. The molecule has 3 heteroatoms. The van der Waals surface area contributed by atoms with E-state index in [1.54, 1.807) is 0 Å². The van der Waals surface area contributed by atoms with Crippen molar-refractivity contribution >= 4 is 21.8 Å². The summed E-state index contributed by atoms with van der Waals surface area (Å²) in [4.78, 5) is 0. The first-order chi connectivity index (χ1) is 25.3. The summed E-state index contributed by atoms with van der Waals surface area (Å²) in [7, 11) is 0. The van der Waals surface area contributed by atoms with Crippen molar-refractivity contribution in [2.24, 2.45) is 0 Å². The molecule has 1 aliphatic heterocycles. The van der Waals surface area contributed by atoms with Gasteiger partial charge in [0, 0.05) is 44.3 Å². The molecule has 0 bridgehead atoms. The monoisotopic (exact) mass is 653 g/mol. The van der Waals surface area contributed by atoms with Crippen molar-refractivity contribution < 1.29 is 9.47 Å². The van der Waals surface area contributed by atoms with Crippen LogP contribution in [-0.4, -0.2) is 4.57 Å². The Bertz CT molecular complexity index is 2740. The van der Waals surface area contributed by atoms with Crippen LogP contribution in [0.25, 0.3) is 72.0 Å². The van der Waals surface area contributed by atoms with Crippen molar-refractivity contribution in [3.8, 4) is 73.2 Å². The molecular weight excluding hydrogens is 623 g/mol. The van der Waals surface area contributed by atoms with E-state index in [1.807, 2.05) is 36.4 Å². The highest BCUT2D eigenvalue weighted by atomic mass is 16.5. The van der Waals surface area contributed by atoms with Gasteiger partial charge in [-0.3, -0.25) is 0 Å². The lowest BCUT2D eigenvalue weighted by Gasteiger charge is -2.22. The number of rotatable bonds is 3. The van der Waals surface area contributed by atoms with Crippen molar-refractivity contribution in [3.05, 3.63) is 188 Å². The van der Waals surface area contributed by atoms with E-state index in [0.717, 1.165) is 73.2 Å². The molecule has 0 fully saturated rings. The van der Waals surface area contributed by atoms with Crippen LogP contribution in [-0.2, 0) is 0 Å². The minimum atomic E-state index is 0.763. The average Bonchev–Trinajstić information content (AvgIpc) is 3.54. The van der Waals surface area contributed by atoms with E-state index in [9.17, 15) is 0 Å². The summed E-state index contributed by atoms with van der Waals surface area (Å²) in [5.41, 5.74) is 11.8. The maximum absolute atomic E-state index is 6.98. The van der Waals surface area contributed by atoms with Crippen LogP contribution < -0.4 is 9.47 Å². The van der Waals surface area contributed by atoms with Gasteiger partial charge in [0.05, 0.1) is 11.0 Å². The fourth-order valence-electron chi connectivity index (χ4n) is 7.53. The molecule has 1 aromatic heterocycles. The molecule has 8 aromatic carbocycles. The number of benzene rings is 8. The third-order valence-electron chi connectivity index (χ3n) is 9.88. The quantitative estimate of drug-likeness (QED) is 0.189. The number of para-hydroxylation sites is 5. The minimum Gasteiger partial charge on any atom is -0.456 e. The zero-order valence-electron chi connectivity index (χ0n) is 27.7. The predicted molar refractivity (Wildman–Crippen MR) is 209 cm³/mol. The molecule has 240 valence electrons. The number of ether oxygens (including phenoxy) is 2. The van der Waals surface area contributed by atoms with Crippen molar-refractivity contribution in [3.63, 3.8) is 0 Å². The van der Waals surface area contributed by atoms with Gasteiger partial charge in [-0.15, -0.1) is 0 Å². The van der Waals surface area contributed by atoms with E-state index in [1.165, 1.54) is 21.8 Å². The number of aromatic nitrogens is 1. The Kier molecular flexibility index (Phi) is 6.81. The first-order valence-corrected chi connectivity index (χ1v) is 17.3. The first kappa shape index (κ1) is 29.1. The van der Waals surface area contributed by atoms with Crippen LogP contribution in [0, 0.1) is 0 Å². The molecule has 0 amide bonds. The number of fused-ring (bicyclic) bond motifs is 9. The fraction of sp³-hybridized carbons (Fsp3) is 0. The number of nitrogens with zero attached hydrogens (tertiary/aromatic N) is 1. The molecule has 3 nitrogen and oxygen atoms in total. The van der Waals surface area contributed by atoms with Gasteiger partial charge < -0.3 is 14.0 Å². The van der Waals surface area contributed by atoms with Crippen LogP contribution in [0.1, 0.15) is 0 Å². The highest BCUT2D eigenvalue weighted by molar-refractivity contribution is 6.14. The van der Waals surface area contributed by atoms with Gasteiger partial charge in [0.25, 0.3) is 0 Å². The van der Waals surface area contributed by atoms with Crippen molar-refractivity contribution in [1.82, 2.24) is 4.57 Å². The SMILES string of the molecule is c1ccc(-c2ccc3c(c2)-c2ccccc2Oc2ccccc2-c2cc(-c4cccc5c6ccccc6n(-c6ccccc6)c45)ccc2O3)cc1. The smallest absolute Gasteiger partial charge is 0.135 e. The normalized spacial score (nSPS) is 11.8. The Hall–Kier alpha value is -6.84. The van der Waals surface area contributed by atoms with Gasteiger partial charge in [-0.25, -0.2) is 0 Å². The Morgan fingerprint density at radius 2 is 0.824 bits per heavy atom. The molecule has 0 unspecified atom stereocenters. The van der Waals surface area contributed by atoms with E-state index in [0.29, 0.717) is 0 Å². The molecule has 0 aliphatic carbocycles. The van der Waals surface area contributed by atoms with Gasteiger partial charge in [0.15, 0.2) is 0 Å². The van der Waals surface area contributed by atoms with Crippen LogP contribution >= 0.6 is 0 Å². The lowest BCUT2D eigenvalue weighted by Crippen LogP contribution is -1.99. The summed E-state index contributed by atoms with van der Waals surface area (Å²) in [5, 5.41) is 2.44. The van der Waals surface area contributed by atoms with Crippen LogP contribution in [0.3, 0.4) is 0 Å². The highest BCUT2D eigenvalue weighted by Crippen LogP contribution is 2.49. The Balaban J connectivity index is 1.21. The summed E-state index contributed by atoms with van der Waals surface area (Å²) >= 11 is 0. The largest absolute Gasteiger partial charge is 0.456 e. The second-order valence-corrected chi connectivity index (χ2v) is 12.9. The summed E-state index contributed by atoms with van der Waals surface area (Å²) in [6, 6.07) is 65.8. The number of hydrogen-bond donors (Lipinski definition) is 0. The molecule has 2 heterocycles. The van der Waals surface area contributed by atoms with E-state index in [2.05, 4.69) is 156 Å². The standard InChI is InChI=1S/C48H31NO2/c1-3-14-32(15-4-1)33-26-28-46-41(30-33)38-19-8-11-24-44(38)50-45-25-12-9-20-39(45)42-31-34(27-29-47(42)51-46)36-21-13-22-40-37-18-7-10-23-43(37)49(48(36)40)35-16-5-2-6-17-35/h1-31H. The third-order valence-corrected chi connectivity index (χ3v) is 9.88. The molecule has 9 aromatic rings. The van der Waals surface area contributed by atoms with Gasteiger partial charge in [-0.2, -0.15) is 0 Å². The second kappa shape index (κ2) is 11.9. The molecule has 10 rings (SSSR count). The highest BCUT2D eigenvalue weighted by Gasteiger charge is 2.23. The Morgan fingerprint density at radius 3 is 1.53 bits per heavy atom. The van der Waals surface area contributed by atoms with Crippen molar-refractivity contribution in [2.75, 3.05) is 0 Å². The molecule has 51 heavy (non-hydrogen) atoms. The van der Waals surface area contributed by atoms with Gasteiger partial charge >= 0.3 is 0 Å². The zero-order valence-corrected chi connectivity index (χ0v) is 27.7. The van der Waals surface area contributed by atoms with E-state index in [-0.39, 0.29) is 0 Å². The van der Waals surface area contributed by atoms with Crippen LogP contribution in [0.4, 0.5) is 0 Å². The van der Waals surface area contributed by atoms with Gasteiger partial charge in [-0.05, 0) is 71.3 Å². The van der Waals surface area contributed by atoms with E-state index in [4.69, 9.17) is 9.47 Å². The summed E-state index contributed by atoms with van der Waals surface area (Å²) in [6.45, 7) is 0. The average molecular weight is 654 g/mol.